The van der Waals surface area contributed by atoms with E-state index in [0.717, 1.165) is 11.1 Å². The smallest absolute Gasteiger partial charge is 0.171 e. The predicted octanol–water partition coefficient (Wildman–Crippen LogP) is 6.89. The maximum atomic E-state index is 13.1. The summed E-state index contributed by atoms with van der Waals surface area (Å²) in [4.78, 5) is 0. The molecule has 3 rings (SSSR count). The Morgan fingerprint density at radius 1 is 0.833 bits per heavy atom. The van der Waals surface area contributed by atoms with Crippen LogP contribution in [0.2, 0.25) is 0 Å². The maximum Gasteiger partial charge on any atom is 0.394 e. The van der Waals surface area contributed by atoms with Crippen molar-refractivity contribution in [1.82, 2.24) is 0 Å². The molecule has 0 saturated heterocycles. The molecule has 0 heterocycles. The van der Waals surface area contributed by atoms with E-state index in [-0.39, 0.29) is 18.8 Å². The first-order valence-corrected chi connectivity index (χ1v) is 8.52. The fourth-order valence-electron chi connectivity index (χ4n) is 3.57. The van der Waals surface area contributed by atoms with E-state index in [1.54, 1.807) is 0 Å². The lowest BCUT2D eigenvalue weighted by molar-refractivity contribution is -0.228. The third-order valence-corrected chi connectivity index (χ3v) is 5.54. The first-order valence-electron chi connectivity index (χ1n) is 8.52. The molecule has 0 spiro atoms. The number of hydrogen-bond donors (Lipinski definition) is 0. The molecule has 2 aromatic rings. The normalized spacial score (nSPS) is 24.8. The maximum absolute atomic E-state index is 13.1. The molecule has 1 saturated carbocycles. The highest BCUT2D eigenvalue weighted by Gasteiger charge is 2.52. The van der Waals surface area contributed by atoms with Gasteiger partial charge in [-0.3, -0.25) is 0 Å². The van der Waals surface area contributed by atoms with Gasteiger partial charge in [-0.15, -0.1) is 0 Å². The van der Waals surface area contributed by atoms with Crippen LogP contribution in [0, 0.1) is 12.3 Å². The molecule has 3 heteroatoms. The van der Waals surface area contributed by atoms with Crippen molar-refractivity contribution in [3.8, 4) is 11.1 Å². The Hall–Kier alpha value is -1.77. The summed E-state index contributed by atoms with van der Waals surface area (Å²) in [6.45, 7) is 3.42. The fourth-order valence-corrected chi connectivity index (χ4v) is 3.57. The summed E-state index contributed by atoms with van der Waals surface area (Å²) in [5, 5.41) is 0. The Bertz CT molecular complexity index is 673. The third-order valence-electron chi connectivity index (χ3n) is 5.54. The molecule has 0 aromatic heterocycles. The topological polar surface area (TPSA) is 0 Å². The van der Waals surface area contributed by atoms with Gasteiger partial charge in [0.1, 0.15) is 0 Å². The van der Waals surface area contributed by atoms with E-state index >= 15 is 0 Å². The molecule has 0 N–H and O–H groups in total. The van der Waals surface area contributed by atoms with Crippen molar-refractivity contribution in [3.05, 3.63) is 59.7 Å². The molecule has 1 fully saturated rings. The molecule has 0 atom stereocenters. The van der Waals surface area contributed by atoms with E-state index in [2.05, 4.69) is 55.5 Å². The zero-order valence-corrected chi connectivity index (χ0v) is 14.2. The van der Waals surface area contributed by atoms with E-state index in [1.807, 2.05) is 0 Å². The minimum atomic E-state index is -4.09. The quantitative estimate of drug-likeness (QED) is 0.562. The Morgan fingerprint density at radius 3 is 1.75 bits per heavy atom. The van der Waals surface area contributed by atoms with Gasteiger partial charge in [-0.2, -0.15) is 13.2 Å². The largest absolute Gasteiger partial charge is 0.394 e. The zero-order chi connectivity index (χ0) is 17.4. The number of hydrogen-bond acceptors (Lipinski definition) is 0. The van der Waals surface area contributed by atoms with Gasteiger partial charge >= 0.3 is 6.18 Å². The minimum Gasteiger partial charge on any atom is -0.171 e. The summed E-state index contributed by atoms with van der Waals surface area (Å²) in [5.41, 5.74) is 3.20. The van der Waals surface area contributed by atoms with Gasteiger partial charge < -0.3 is 0 Å². The van der Waals surface area contributed by atoms with E-state index in [1.165, 1.54) is 18.1 Å². The van der Waals surface area contributed by atoms with Gasteiger partial charge in [-0.1, -0.05) is 61.0 Å². The average molecular weight is 332 g/mol. The van der Waals surface area contributed by atoms with Crippen molar-refractivity contribution in [2.75, 3.05) is 0 Å². The first-order chi connectivity index (χ1) is 11.3. The molecule has 128 valence electrons. The molecule has 1 aliphatic rings. The molecule has 1 aliphatic carbocycles. The highest BCUT2D eigenvalue weighted by Crippen LogP contribution is 2.51. The lowest BCUT2D eigenvalue weighted by Crippen LogP contribution is -2.38. The molecule has 24 heavy (non-hydrogen) atoms. The molecule has 0 bridgehead atoms. The average Bonchev–Trinajstić information content (AvgIpc) is 2.56. The van der Waals surface area contributed by atoms with Gasteiger partial charge in [-0.25, -0.2) is 0 Å². The fraction of sp³-hybridized carbons (Fsp3) is 0.429. The van der Waals surface area contributed by atoms with Gasteiger partial charge in [0, 0.05) is 0 Å². The number of rotatable bonds is 2. The highest BCUT2D eigenvalue weighted by atomic mass is 19.4. The SMILES string of the molecule is Cc1ccc(-c2ccc(C3CCC(C)(C(F)(F)F)CC3)cc2)cc1. The first kappa shape index (κ1) is 17.1. The monoisotopic (exact) mass is 332 g/mol. The lowest BCUT2D eigenvalue weighted by atomic mass is 9.69. The number of alkyl halides is 3. The van der Waals surface area contributed by atoms with Crippen LogP contribution >= 0.6 is 0 Å². The Morgan fingerprint density at radius 2 is 1.29 bits per heavy atom. The third kappa shape index (κ3) is 3.35. The number of benzene rings is 2. The van der Waals surface area contributed by atoms with Crippen molar-refractivity contribution in [2.45, 2.75) is 51.6 Å². The zero-order valence-electron chi connectivity index (χ0n) is 14.2. The van der Waals surface area contributed by atoms with E-state index < -0.39 is 11.6 Å². The van der Waals surface area contributed by atoms with Crippen LogP contribution in [0.1, 0.15) is 49.7 Å². The second kappa shape index (κ2) is 6.27. The van der Waals surface area contributed by atoms with Crippen LogP contribution in [-0.2, 0) is 0 Å². The summed E-state index contributed by atoms with van der Waals surface area (Å²) < 4.78 is 39.4. The molecule has 0 unspecified atom stereocenters. The summed E-state index contributed by atoms with van der Waals surface area (Å²) in [6.07, 6.45) is -2.42. The minimum absolute atomic E-state index is 0.223. The van der Waals surface area contributed by atoms with Crippen molar-refractivity contribution < 1.29 is 13.2 Å². The summed E-state index contributed by atoms with van der Waals surface area (Å²) in [7, 11) is 0. The van der Waals surface area contributed by atoms with Gasteiger partial charge in [0.2, 0.25) is 0 Å². The van der Waals surface area contributed by atoms with E-state index in [9.17, 15) is 13.2 Å². The van der Waals surface area contributed by atoms with Crippen LogP contribution in [-0.4, -0.2) is 6.18 Å². The van der Waals surface area contributed by atoms with Crippen LogP contribution in [0.25, 0.3) is 11.1 Å². The predicted molar refractivity (Wildman–Crippen MR) is 92.0 cm³/mol. The molecule has 0 radical (unpaired) electrons. The Labute approximate surface area is 141 Å². The van der Waals surface area contributed by atoms with Crippen molar-refractivity contribution in [3.63, 3.8) is 0 Å². The van der Waals surface area contributed by atoms with E-state index in [0.29, 0.717) is 12.8 Å². The molecule has 0 nitrogen and oxygen atoms in total. The van der Waals surface area contributed by atoms with Crippen LogP contribution in [0.4, 0.5) is 13.2 Å². The van der Waals surface area contributed by atoms with Crippen molar-refractivity contribution in [2.24, 2.45) is 5.41 Å². The second-order valence-electron chi connectivity index (χ2n) is 7.32. The second-order valence-corrected chi connectivity index (χ2v) is 7.32. The van der Waals surface area contributed by atoms with Crippen LogP contribution in [0.15, 0.2) is 48.5 Å². The van der Waals surface area contributed by atoms with Crippen LogP contribution < -0.4 is 0 Å². The number of halogens is 3. The van der Waals surface area contributed by atoms with Crippen LogP contribution in [0.5, 0.6) is 0 Å². The summed E-state index contributed by atoms with van der Waals surface area (Å²) in [5.74, 6) is 0.243. The molecular weight excluding hydrogens is 309 g/mol. The summed E-state index contributed by atoms with van der Waals surface area (Å²) in [6, 6.07) is 16.7. The van der Waals surface area contributed by atoms with Gasteiger partial charge in [0.25, 0.3) is 0 Å². The number of aryl methyl sites for hydroxylation is 1. The highest BCUT2D eigenvalue weighted by molar-refractivity contribution is 5.64. The Balaban J connectivity index is 1.70. The molecule has 2 aromatic carbocycles. The lowest BCUT2D eigenvalue weighted by Gasteiger charge is -2.38. The standard InChI is InChI=1S/C21H23F3/c1-15-3-5-16(6-4-15)17-7-9-18(10-8-17)19-11-13-20(2,14-12-19)21(22,23)24/h3-10,19H,11-14H2,1-2H3. The van der Waals surface area contributed by atoms with E-state index in [4.69, 9.17) is 0 Å². The molecule has 0 amide bonds. The van der Waals surface area contributed by atoms with Crippen molar-refractivity contribution >= 4 is 0 Å². The van der Waals surface area contributed by atoms with Gasteiger partial charge in [0.05, 0.1) is 5.41 Å². The van der Waals surface area contributed by atoms with Gasteiger partial charge in [-0.05, 0) is 55.2 Å². The molecular formula is C21H23F3. The molecule has 0 aliphatic heterocycles. The van der Waals surface area contributed by atoms with Crippen LogP contribution in [0.3, 0.4) is 0 Å². The van der Waals surface area contributed by atoms with Gasteiger partial charge in [0.15, 0.2) is 0 Å². The van der Waals surface area contributed by atoms with Crippen molar-refractivity contribution in [1.29, 1.82) is 0 Å². The summed E-state index contributed by atoms with van der Waals surface area (Å²) >= 11 is 0. The Kier molecular flexibility index (Phi) is 4.46.